The number of amides is 1. The number of nitro benzene ring substituents is 1. The number of hydrogen-bond donors (Lipinski definition) is 2. The van der Waals surface area contributed by atoms with Crippen LogP contribution in [0.1, 0.15) is 50.5 Å². The molecular formula is C20H28N4O3. The SMILES string of the molecule is O=C1CCc2cc([N+](=O)[O-])c(NC3CCN(CC4CCCC4)CC3)cc2N1. The second-order valence-electron chi connectivity index (χ2n) is 8.20. The van der Waals surface area contributed by atoms with E-state index in [1.54, 1.807) is 12.1 Å². The summed E-state index contributed by atoms with van der Waals surface area (Å²) in [5.41, 5.74) is 2.18. The fourth-order valence-corrected chi connectivity index (χ4v) is 4.72. The van der Waals surface area contributed by atoms with Crippen LogP contribution >= 0.6 is 0 Å². The third-order valence-electron chi connectivity index (χ3n) is 6.25. The molecule has 7 heteroatoms. The molecule has 1 aliphatic carbocycles. The number of nitrogens with zero attached hydrogens (tertiary/aromatic N) is 2. The third-order valence-corrected chi connectivity index (χ3v) is 6.25. The molecule has 0 aromatic heterocycles. The number of likely N-dealkylation sites (tertiary alicyclic amines) is 1. The van der Waals surface area contributed by atoms with Crippen LogP contribution in [0.15, 0.2) is 12.1 Å². The number of carbonyl (C=O) groups is 1. The Hall–Kier alpha value is -2.15. The number of anilines is 2. The van der Waals surface area contributed by atoms with Crippen LogP contribution in [0, 0.1) is 16.0 Å². The van der Waals surface area contributed by atoms with Crippen molar-refractivity contribution < 1.29 is 9.72 Å². The molecule has 3 aliphatic rings. The Morgan fingerprint density at radius 3 is 2.59 bits per heavy atom. The first kappa shape index (κ1) is 18.2. The molecule has 0 unspecified atom stereocenters. The second kappa shape index (κ2) is 7.84. The zero-order valence-corrected chi connectivity index (χ0v) is 15.7. The quantitative estimate of drug-likeness (QED) is 0.610. The van der Waals surface area contributed by atoms with E-state index < -0.39 is 0 Å². The van der Waals surface area contributed by atoms with Crippen LogP contribution in [0.4, 0.5) is 17.1 Å². The predicted octanol–water partition coefficient (Wildman–Crippen LogP) is 3.55. The van der Waals surface area contributed by atoms with Gasteiger partial charge in [-0.15, -0.1) is 0 Å². The van der Waals surface area contributed by atoms with Gasteiger partial charge >= 0.3 is 0 Å². The number of aryl methyl sites for hydroxylation is 1. The molecule has 2 N–H and O–H groups in total. The molecular weight excluding hydrogens is 344 g/mol. The summed E-state index contributed by atoms with van der Waals surface area (Å²) in [6.07, 6.45) is 8.41. The van der Waals surface area contributed by atoms with Crippen molar-refractivity contribution in [2.24, 2.45) is 5.92 Å². The first-order valence-electron chi connectivity index (χ1n) is 10.2. The van der Waals surface area contributed by atoms with Gasteiger partial charge in [-0.1, -0.05) is 12.8 Å². The highest BCUT2D eigenvalue weighted by molar-refractivity contribution is 5.95. The molecule has 4 rings (SSSR count). The van der Waals surface area contributed by atoms with Gasteiger partial charge in [-0.05, 0) is 49.7 Å². The van der Waals surface area contributed by atoms with Crippen molar-refractivity contribution in [1.82, 2.24) is 4.90 Å². The molecule has 1 amide bonds. The third kappa shape index (κ3) is 4.24. The number of carbonyl (C=O) groups excluding carboxylic acids is 1. The lowest BCUT2D eigenvalue weighted by Gasteiger charge is -2.34. The minimum atomic E-state index is -0.325. The number of nitro groups is 1. The van der Waals surface area contributed by atoms with E-state index in [-0.39, 0.29) is 22.6 Å². The second-order valence-corrected chi connectivity index (χ2v) is 8.20. The van der Waals surface area contributed by atoms with E-state index in [0.29, 0.717) is 24.2 Å². The Bertz CT molecular complexity index is 722. The zero-order chi connectivity index (χ0) is 18.8. The van der Waals surface area contributed by atoms with Gasteiger partial charge in [0.05, 0.1) is 4.92 Å². The van der Waals surface area contributed by atoms with Gasteiger partial charge in [-0.2, -0.15) is 0 Å². The average molecular weight is 372 g/mol. The number of nitrogens with one attached hydrogen (secondary N) is 2. The monoisotopic (exact) mass is 372 g/mol. The maximum Gasteiger partial charge on any atom is 0.292 e. The number of fused-ring (bicyclic) bond motifs is 1. The summed E-state index contributed by atoms with van der Waals surface area (Å²) >= 11 is 0. The average Bonchev–Trinajstić information content (AvgIpc) is 3.15. The van der Waals surface area contributed by atoms with Crippen molar-refractivity contribution in [3.8, 4) is 0 Å². The van der Waals surface area contributed by atoms with Crippen LogP contribution in [-0.4, -0.2) is 41.4 Å². The van der Waals surface area contributed by atoms with E-state index >= 15 is 0 Å². The normalized spacial score (nSPS) is 21.7. The Morgan fingerprint density at radius 2 is 1.89 bits per heavy atom. The summed E-state index contributed by atoms with van der Waals surface area (Å²) in [7, 11) is 0. The van der Waals surface area contributed by atoms with Crippen molar-refractivity contribution in [3.63, 3.8) is 0 Å². The first-order valence-corrected chi connectivity index (χ1v) is 10.2. The van der Waals surface area contributed by atoms with Crippen LogP contribution in [-0.2, 0) is 11.2 Å². The summed E-state index contributed by atoms with van der Waals surface area (Å²) in [6.45, 7) is 3.30. The van der Waals surface area contributed by atoms with Gasteiger partial charge in [-0.25, -0.2) is 0 Å². The predicted molar refractivity (Wildman–Crippen MR) is 105 cm³/mol. The van der Waals surface area contributed by atoms with E-state index in [0.717, 1.165) is 37.4 Å². The number of rotatable bonds is 5. The molecule has 146 valence electrons. The van der Waals surface area contributed by atoms with E-state index in [4.69, 9.17) is 0 Å². The number of piperidine rings is 1. The topological polar surface area (TPSA) is 87.5 Å². The molecule has 0 bridgehead atoms. The molecule has 0 spiro atoms. The minimum Gasteiger partial charge on any atom is -0.377 e. The highest BCUT2D eigenvalue weighted by Gasteiger charge is 2.27. The molecule has 0 radical (unpaired) electrons. The first-order chi connectivity index (χ1) is 13.1. The van der Waals surface area contributed by atoms with Crippen molar-refractivity contribution >= 4 is 23.0 Å². The molecule has 2 heterocycles. The lowest BCUT2D eigenvalue weighted by Crippen LogP contribution is -2.41. The summed E-state index contributed by atoms with van der Waals surface area (Å²) in [5.74, 6) is 0.836. The smallest absolute Gasteiger partial charge is 0.292 e. The van der Waals surface area contributed by atoms with Gasteiger partial charge in [0.2, 0.25) is 5.91 Å². The largest absolute Gasteiger partial charge is 0.377 e. The van der Waals surface area contributed by atoms with Crippen molar-refractivity contribution in [1.29, 1.82) is 0 Å². The Labute approximate surface area is 159 Å². The lowest BCUT2D eigenvalue weighted by molar-refractivity contribution is -0.384. The molecule has 0 atom stereocenters. The van der Waals surface area contributed by atoms with Crippen LogP contribution in [0.2, 0.25) is 0 Å². The minimum absolute atomic E-state index is 0.0254. The molecule has 1 aromatic carbocycles. The maximum absolute atomic E-state index is 11.7. The Kier molecular flexibility index (Phi) is 5.29. The van der Waals surface area contributed by atoms with Gasteiger partial charge < -0.3 is 15.5 Å². The summed E-state index contributed by atoms with van der Waals surface area (Å²) in [4.78, 5) is 25.4. The number of hydrogen-bond acceptors (Lipinski definition) is 5. The van der Waals surface area contributed by atoms with Crippen molar-refractivity contribution in [2.45, 2.75) is 57.4 Å². The van der Waals surface area contributed by atoms with Gasteiger partial charge in [-0.3, -0.25) is 14.9 Å². The van der Waals surface area contributed by atoms with Crippen LogP contribution in [0.5, 0.6) is 0 Å². The number of benzene rings is 1. The molecule has 7 nitrogen and oxygen atoms in total. The van der Waals surface area contributed by atoms with Crippen LogP contribution in [0.25, 0.3) is 0 Å². The molecule has 1 aromatic rings. The van der Waals surface area contributed by atoms with E-state index in [9.17, 15) is 14.9 Å². The van der Waals surface area contributed by atoms with E-state index in [1.807, 2.05) is 0 Å². The van der Waals surface area contributed by atoms with Gasteiger partial charge in [0.15, 0.2) is 0 Å². The molecule has 1 saturated carbocycles. The molecule has 2 aliphatic heterocycles. The zero-order valence-electron chi connectivity index (χ0n) is 15.7. The standard InChI is InChI=1S/C20H28N4O3/c25-20-6-5-15-11-19(24(26)27)18(12-17(15)22-20)21-16-7-9-23(10-8-16)13-14-3-1-2-4-14/h11-12,14,16,21H,1-10,13H2,(H,22,25). The van der Waals surface area contributed by atoms with Gasteiger partial charge in [0, 0.05) is 43.9 Å². The van der Waals surface area contributed by atoms with Crippen LogP contribution in [0.3, 0.4) is 0 Å². The van der Waals surface area contributed by atoms with E-state index in [2.05, 4.69) is 15.5 Å². The van der Waals surface area contributed by atoms with Crippen LogP contribution < -0.4 is 10.6 Å². The fourth-order valence-electron chi connectivity index (χ4n) is 4.72. The summed E-state index contributed by atoms with van der Waals surface area (Å²) < 4.78 is 0. The summed E-state index contributed by atoms with van der Waals surface area (Å²) in [5, 5.41) is 17.8. The molecule has 27 heavy (non-hydrogen) atoms. The summed E-state index contributed by atoms with van der Waals surface area (Å²) in [6, 6.07) is 3.60. The van der Waals surface area contributed by atoms with E-state index in [1.165, 1.54) is 32.2 Å². The molecule has 1 saturated heterocycles. The Morgan fingerprint density at radius 1 is 1.15 bits per heavy atom. The maximum atomic E-state index is 11.7. The van der Waals surface area contributed by atoms with Gasteiger partial charge in [0.1, 0.15) is 5.69 Å². The van der Waals surface area contributed by atoms with Crippen molar-refractivity contribution in [3.05, 3.63) is 27.8 Å². The highest BCUT2D eigenvalue weighted by Crippen LogP contribution is 2.35. The highest BCUT2D eigenvalue weighted by atomic mass is 16.6. The lowest BCUT2D eigenvalue weighted by atomic mass is 9.99. The fraction of sp³-hybridized carbons (Fsp3) is 0.650. The Balaban J connectivity index is 1.41. The van der Waals surface area contributed by atoms with Crippen molar-refractivity contribution in [2.75, 3.05) is 30.3 Å². The van der Waals surface area contributed by atoms with Gasteiger partial charge in [0.25, 0.3) is 5.69 Å². The molecule has 2 fully saturated rings.